The summed E-state index contributed by atoms with van der Waals surface area (Å²) in [6, 6.07) is 37.4. The Kier molecular flexibility index (Phi) is 9.37. The Bertz CT molecular complexity index is 3330. The topological polar surface area (TPSA) is 25.8 Å². The number of aryl methyl sites for hydroxylation is 6. The summed E-state index contributed by atoms with van der Waals surface area (Å²) in [4.78, 5) is 16.0. The summed E-state index contributed by atoms with van der Waals surface area (Å²) in [5, 5.41) is 3.14. The first-order valence-electron chi connectivity index (χ1n) is 20.0. The van der Waals surface area contributed by atoms with Gasteiger partial charge in [-0.25, -0.2) is 0 Å². The molecule has 0 saturated carbocycles. The zero-order valence-corrected chi connectivity index (χ0v) is 41.2. The first-order valence-corrected chi connectivity index (χ1v) is 28.7. The predicted molar refractivity (Wildman–Crippen MR) is 273 cm³/mol. The average molecular weight is 921 g/mol. The molecule has 0 unspecified atom stereocenters. The lowest BCUT2D eigenvalue weighted by atomic mass is 10.0. The average Bonchev–Trinajstić information content (AvgIpc) is 4.08. The molecule has 0 atom stereocenters. The Balaban J connectivity index is 0.872. The Morgan fingerprint density at radius 1 is 0.383 bits per heavy atom. The highest BCUT2D eigenvalue weighted by Gasteiger charge is 2.37. The van der Waals surface area contributed by atoms with Gasteiger partial charge in [-0.1, -0.05) is 67.2 Å². The largest absolute Gasteiger partial charge is 0.172 e. The summed E-state index contributed by atoms with van der Waals surface area (Å²) in [6.45, 7) is 18.4. The van der Waals surface area contributed by atoms with Crippen molar-refractivity contribution >= 4 is 109 Å². The van der Waals surface area contributed by atoms with Gasteiger partial charge in [0.05, 0.1) is 11.7 Å². The van der Waals surface area contributed by atoms with Gasteiger partial charge in [0.1, 0.15) is 19.1 Å². The zero-order valence-electron chi connectivity index (χ0n) is 34.5. The summed E-state index contributed by atoms with van der Waals surface area (Å²) in [6.07, 6.45) is 0. The molecule has 8 heterocycles. The Morgan fingerprint density at radius 3 is 1.33 bits per heavy atom. The lowest BCUT2D eigenvalue weighted by molar-refractivity contribution is 1.49. The van der Waals surface area contributed by atoms with Gasteiger partial charge in [-0.2, -0.15) is 8.75 Å². The molecule has 0 spiro atoms. The standard InChI is InChI=1S/C50H40N2S7Si/c1-25-9-11-32-33-12-10-31(24-44(33)60(7,8)43(32)19-25)40-21-27(3)48(56-40)37-17-18-39(55-37)50-29(5)23-42(58-50)35-14-13-34(45-46(35)52-59-51-45)41-22-28(4)49(57-41)38-16-15-36(54-38)47-26(2)20-30(6)53-47/h9-24H,1-8H3. The molecule has 10 aromatic rings. The number of hydrogen-bond donors (Lipinski definition) is 0. The first kappa shape index (κ1) is 38.8. The van der Waals surface area contributed by atoms with Crippen LogP contribution in [0.4, 0.5) is 0 Å². The molecule has 11 rings (SSSR count). The molecule has 1 aliphatic rings. The first-order chi connectivity index (χ1) is 28.9. The van der Waals surface area contributed by atoms with Crippen LogP contribution >= 0.6 is 79.7 Å². The Hall–Kier alpha value is -4.10. The molecule has 0 saturated heterocycles. The third kappa shape index (κ3) is 6.29. The molecule has 296 valence electrons. The highest BCUT2D eigenvalue weighted by atomic mass is 32.1. The number of hydrogen-bond acceptors (Lipinski definition) is 9. The van der Waals surface area contributed by atoms with Gasteiger partial charge in [-0.15, -0.1) is 68.0 Å². The number of benzene rings is 3. The van der Waals surface area contributed by atoms with Crippen LogP contribution in [-0.4, -0.2) is 16.8 Å². The van der Waals surface area contributed by atoms with E-state index in [9.17, 15) is 0 Å². The van der Waals surface area contributed by atoms with Crippen LogP contribution in [0.1, 0.15) is 32.7 Å². The van der Waals surface area contributed by atoms with E-state index in [1.807, 2.05) is 68.0 Å². The van der Waals surface area contributed by atoms with Crippen molar-refractivity contribution in [1.82, 2.24) is 8.75 Å². The Labute approximate surface area is 380 Å². The number of fused-ring (bicyclic) bond motifs is 4. The molecule has 7 aromatic heterocycles. The molecule has 2 nitrogen and oxygen atoms in total. The van der Waals surface area contributed by atoms with Gasteiger partial charge < -0.3 is 0 Å². The van der Waals surface area contributed by atoms with Crippen LogP contribution in [0, 0.1) is 41.5 Å². The van der Waals surface area contributed by atoms with Crippen LogP contribution in [0.15, 0.2) is 97.1 Å². The summed E-state index contributed by atoms with van der Waals surface area (Å²) in [5.74, 6) is 0. The number of aromatic nitrogens is 2. The minimum absolute atomic E-state index is 0.991. The molecule has 3 aromatic carbocycles. The maximum absolute atomic E-state index is 4.90. The van der Waals surface area contributed by atoms with Crippen molar-refractivity contribution < 1.29 is 0 Å². The monoisotopic (exact) mass is 920 g/mol. The lowest BCUT2D eigenvalue weighted by Gasteiger charge is -2.19. The van der Waals surface area contributed by atoms with E-state index in [0.29, 0.717) is 0 Å². The van der Waals surface area contributed by atoms with Gasteiger partial charge >= 0.3 is 0 Å². The van der Waals surface area contributed by atoms with Gasteiger partial charge in [0, 0.05) is 69.7 Å². The van der Waals surface area contributed by atoms with E-state index in [2.05, 4.69) is 152 Å². The van der Waals surface area contributed by atoms with Crippen molar-refractivity contribution in [3.05, 3.63) is 130 Å². The SMILES string of the molecule is Cc1ccc2c(c1)[Si](C)(C)c1cc(-c3cc(C)c(-c4ccc(-c5sc(-c6ccc(-c7cc(C)c(-c8ccc(-c9sc(C)cc9C)s8)s7)c7nsnc67)cc5C)s4)s3)ccc1-2. The van der Waals surface area contributed by atoms with E-state index in [1.165, 1.54) is 115 Å². The van der Waals surface area contributed by atoms with Gasteiger partial charge in [-0.3, -0.25) is 0 Å². The van der Waals surface area contributed by atoms with Crippen LogP contribution < -0.4 is 10.4 Å². The molecule has 0 radical (unpaired) electrons. The molecule has 0 fully saturated rings. The van der Waals surface area contributed by atoms with E-state index in [4.69, 9.17) is 8.75 Å². The molecule has 0 bridgehead atoms. The van der Waals surface area contributed by atoms with Crippen molar-refractivity contribution in [2.75, 3.05) is 0 Å². The van der Waals surface area contributed by atoms with E-state index < -0.39 is 8.07 Å². The molecular weight excluding hydrogens is 881 g/mol. The number of thiophene rings is 6. The minimum atomic E-state index is -1.76. The minimum Gasteiger partial charge on any atom is -0.172 e. The summed E-state index contributed by atoms with van der Waals surface area (Å²) in [5.41, 5.74) is 15.2. The maximum atomic E-state index is 4.90. The van der Waals surface area contributed by atoms with E-state index in [0.717, 1.165) is 22.2 Å². The second kappa shape index (κ2) is 14.5. The van der Waals surface area contributed by atoms with Gasteiger partial charge in [0.25, 0.3) is 0 Å². The molecule has 0 aliphatic carbocycles. The number of nitrogens with zero attached hydrogens (tertiary/aromatic N) is 2. The smallest absolute Gasteiger partial charge is 0.114 e. The highest BCUT2D eigenvalue weighted by Crippen LogP contribution is 2.49. The predicted octanol–water partition coefficient (Wildman–Crippen LogP) is 16.4. The van der Waals surface area contributed by atoms with E-state index in [-0.39, 0.29) is 0 Å². The molecule has 0 amide bonds. The zero-order chi connectivity index (χ0) is 41.2. The lowest BCUT2D eigenvalue weighted by Crippen LogP contribution is -2.49. The fourth-order valence-electron chi connectivity index (χ4n) is 8.91. The maximum Gasteiger partial charge on any atom is 0.114 e. The normalized spacial score (nSPS) is 13.1. The van der Waals surface area contributed by atoms with Crippen LogP contribution in [-0.2, 0) is 0 Å². The van der Waals surface area contributed by atoms with Crippen molar-refractivity contribution in [2.24, 2.45) is 0 Å². The summed E-state index contributed by atoms with van der Waals surface area (Å²) in [7, 11) is -1.76. The van der Waals surface area contributed by atoms with Crippen LogP contribution in [0.2, 0.25) is 13.1 Å². The van der Waals surface area contributed by atoms with E-state index in [1.54, 1.807) is 10.4 Å². The molecular formula is C50H40N2S7Si. The van der Waals surface area contributed by atoms with E-state index >= 15 is 0 Å². The molecule has 60 heavy (non-hydrogen) atoms. The third-order valence-electron chi connectivity index (χ3n) is 12.0. The second-order valence-corrected chi connectivity index (χ2v) is 28.1. The second-order valence-electron chi connectivity index (χ2n) is 16.6. The fraction of sp³-hybridized carbons (Fsp3) is 0.160. The van der Waals surface area contributed by atoms with Crippen molar-refractivity contribution in [2.45, 2.75) is 54.6 Å². The highest BCUT2D eigenvalue weighted by molar-refractivity contribution is 7.28. The summed E-state index contributed by atoms with van der Waals surface area (Å²) >= 11 is 12.7. The quantitative estimate of drug-likeness (QED) is 0.149. The van der Waals surface area contributed by atoms with Gasteiger partial charge in [0.2, 0.25) is 0 Å². The van der Waals surface area contributed by atoms with Crippen LogP contribution in [0.25, 0.3) is 92.5 Å². The fourth-order valence-corrected chi connectivity index (χ4v) is 20.0. The summed E-state index contributed by atoms with van der Waals surface area (Å²) < 4.78 is 9.79. The molecule has 10 heteroatoms. The van der Waals surface area contributed by atoms with Gasteiger partial charge in [-0.05, 0) is 139 Å². The van der Waals surface area contributed by atoms with Gasteiger partial charge in [0.15, 0.2) is 0 Å². The Morgan fingerprint density at radius 2 is 0.817 bits per heavy atom. The van der Waals surface area contributed by atoms with Crippen LogP contribution in [0.3, 0.4) is 0 Å². The molecule has 1 aliphatic heterocycles. The van der Waals surface area contributed by atoms with Crippen molar-refractivity contribution in [3.8, 4) is 81.5 Å². The van der Waals surface area contributed by atoms with Crippen molar-refractivity contribution in [1.29, 1.82) is 0 Å². The van der Waals surface area contributed by atoms with Crippen molar-refractivity contribution in [3.63, 3.8) is 0 Å². The molecule has 0 N–H and O–H groups in total. The number of rotatable bonds is 7. The van der Waals surface area contributed by atoms with Crippen LogP contribution in [0.5, 0.6) is 0 Å². The third-order valence-corrected chi connectivity index (χ3v) is 23.9.